The van der Waals surface area contributed by atoms with E-state index in [1.54, 1.807) is 7.05 Å². The van der Waals surface area contributed by atoms with Crippen LogP contribution in [-0.2, 0) is 11.3 Å². The van der Waals surface area contributed by atoms with E-state index in [2.05, 4.69) is 24.5 Å². The van der Waals surface area contributed by atoms with Crippen LogP contribution in [0.25, 0.3) is 0 Å². The van der Waals surface area contributed by atoms with Gasteiger partial charge in [0, 0.05) is 19.3 Å². The fourth-order valence-electron chi connectivity index (χ4n) is 1.86. The van der Waals surface area contributed by atoms with Crippen LogP contribution in [0.15, 0.2) is 24.3 Å². The highest BCUT2D eigenvalue weighted by Crippen LogP contribution is 2.11. The van der Waals surface area contributed by atoms with E-state index in [1.807, 2.05) is 24.3 Å². The second-order valence-electron chi connectivity index (χ2n) is 4.88. The smallest absolute Gasteiger partial charge is 0.236 e. The number of likely N-dealkylation sites (N-methyl/N-ethyl adjacent to an activating group) is 1. The van der Waals surface area contributed by atoms with Gasteiger partial charge in [-0.05, 0) is 24.0 Å². The minimum Gasteiger partial charge on any atom is -0.398 e. The van der Waals surface area contributed by atoms with Crippen molar-refractivity contribution in [1.29, 1.82) is 0 Å². The van der Waals surface area contributed by atoms with Crippen molar-refractivity contribution >= 4 is 11.6 Å². The predicted octanol–water partition coefficient (Wildman–Crippen LogP) is 1.52. The summed E-state index contributed by atoms with van der Waals surface area (Å²) in [6, 6.07) is 7.52. The maximum Gasteiger partial charge on any atom is 0.236 e. The Morgan fingerprint density at radius 3 is 2.56 bits per heavy atom. The van der Waals surface area contributed by atoms with Gasteiger partial charge in [0.2, 0.25) is 5.91 Å². The fraction of sp³-hybridized carbons (Fsp3) is 0.500. The SMILES string of the molecule is CNC(=O)C(CC(C)C)NCc1ccccc1N. The molecule has 1 unspecified atom stereocenters. The molecule has 4 N–H and O–H groups in total. The number of rotatable bonds is 6. The van der Waals surface area contributed by atoms with Crippen molar-refractivity contribution in [2.24, 2.45) is 5.92 Å². The van der Waals surface area contributed by atoms with E-state index in [0.717, 1.165) is 17.7 Å². The zero-order chi connectivity index (χ0) is 13.5. The lowest BCUT2D eigenvalue weighted by atomic mass is 10.0. The number of nitrogen functional groups attached to an aromatic ring is 1. The van der Waals surface area contributed by atoms with E-state index >= 15 is 0 Å². The molecule has 0 radical (unpaired) electrons. The predicted molar refractivity (Wildman–Crippen MR) is 75.0 cm³/mol. The zero-order valence-corrected chi connectivity index (χ0v) is 11.4. The molecule has 0 fully saturated rings. The molecule has 1 aromatic rings. The third-order valence-electron chi connectivity index (χ3n) is 2.86. The normalized spacial score (nSPS) is 12.4. The van der Waals surface area contributed by atoms with Crippen LogP contribution in [-0.4, -0.2) is 19.0 Å². The van der Waals surface area contributed by atoms with Crippen molar-refractivity contribution in [3.8, 4) is 0 Å². The highest BCUT2D eigenvalue weighted by molar-refractivity contribution is 5.81. The molecule has 0 saturated carbocycles. The summed E-state index contributed by atoms with van der Waals surface area (Å²) in [5.74, 6) is 0.492. The molecule has 0 heterocycles. The van der Waals surface area contributed by atoms with Crippen LogP contribution >= 0.6 is 0 Å². The van der Waals surface area contributed by atoms with E-state index in [4.69, 9.17) is 5.73 Å². The first-order valence-electron chi connectivity index (χ1n) is 6.33. The molecule has 100 valence electrons. The summed E-state index contributed by atoms with van der Waals surface area (Å²) in [4.78, 5) is 11.7. The van der Waals surface area contributed by atoms with Gasteiger partial charge in [-0.15, -0.1) is 0 Å². The largest absolute Gasteiger partial charge is 0.398 e. The molecule has 1 aromatic carbocycles. The molecule has 1 amide bonds. The minimum absolute atomic E-state index is 0.0261. The Hall–Kier alpha value is -1.55. The van der Waals surface area contributed by atoms with E-state index in [-0.39, 0.29) is 11.9 Å². The highest BCUT2D eigenvalue weighted by atomic mass is 16.2. The van der Waals surface area contributed by atoms with Gasteiger partial charge in [-0.2, -0.15) is 0 Å². The lowest BCUT2D eigenvalue weighted by Crippen LogP contribution is -2.43. The van der Waals surface area contributed by atoms with Gasteiger partial charge in [-0.1, -0.05) is 32.0 Å². The van der Waals surface area contributed by atoms with E-state index < -0.39 is 0 Å². The number of nitrogens with one attached hydrogen (secondary N) is 2. The second-order valence-corrected chi connectivity index (χ2v) is 4.88. The van der Waals surface area contributed by atoms with Gasteiger partial charge in [0.05, 0.1) is 6.04 Å². The topological polar surface area (TPSA) is 67.2 Å². The summed E-state index contributed by atoms with van der Waals surface area (Å²) in [6.45, 7) is 4.82. The van der Waals surface area contributed by atoms with Gasteiger partial charge >= 0.3 is 0 Å². The molecule has 18 heavy (non-hydrogen) atoms. The molecule has 0 aliphatic carbocycles. The Kier molecular flexibility index (Phi) is 5.65. The Bertz CT molecular complexity index is 390. The molecular weight excluding hydrogens is 226 g/mol. The van der Waals surface area contributed by atoms with Crippen LogP contribution in [0.2, 0.25) is 0 Å². The molecular formula is C14H23N3O. The van der Waals surface area contributed by atoms with E-state index in [1.165, 1.54) is 0 Å². The van der Waals surface area contributed by atoms with Crippen molar-refractivity contribution in [2.75, 3.05) is 12.8 Å². The van der Waals surface area contributed by atoms with Crippen LogP contribution in [0.5, 0.6) is 0 Å². The Morgan fingerprint density at radius 1 is 1.33 bits per heavy atom. The molecule has 4 nitrogen and oxygen atoms in total. The van der Waals surface area contributed by atoms with Crippen LogP contribution in [0, 0.1) is 5.92 Å². The Labute approximate surface area is 109 Å². The van der Waals surface area contributed by atoms with Gasteiger partial charge < -0.3 is 16.4 Å². The number of hydrogen-bond acceptors (Lipinski definition) is 3. The number of amides is 1. The molecule has 0 aliphatic rings. The van der Waals surface area contributed by atoms with Crippen molar-refractivity contribution in [3.63, 3.8) is 0 Å². The number of carbonyl (C=O) groups is 1. The molecule has 1 atom stereocenters. The fourth-order valence-corrected chi connectivity index (χ4v) is 1.86. The number of hydrogen-bond donors (Lipinski definition) is 3. The molecule has 4 heteroatoms. The second kappa shape index (κ2) is 7.01. The standard InChI is InChI=1S/C14H23N3O/c1-10(2)8-13(14(18)16-3)17-9-11-6-4-5-7-12(11)15/h4-7,10,13,17H,8-9,15H2,1-3H3,(H,16,18). The van der Waals surface area contributed by atoms with Gasteiger partial charge in [0.25, 0.3) is 0 Å². The average Bonchev–Trinajstić information content (AvgIpc) is 2.34. The number of anilines is 1. The first kappa shape index (κ1) is 14.5. The zero-order valence-electron chi connectivity index (χ0n) is 11.4. The number of para-hydroxylation sites is 1. The summed E-state index contributed by atoms with van der Waals surface area (Å²) in [5, 5.41) is 5.96. The highest BCUT2D eigenvalue weighted by Gasteiger charge is 2.17. The Morgan fingerprint density at radius 2 is 2.00 bits per heavy atom. The summed E-state index contributed by atoms with van der Waals surface area (Å²) in [6.07, 6.45) is 0.812. The molecule has 0 bridgehead atoms. The number of carbonyl (C=O) groups excluding carboxylic acids is 1. The van der Waals surface area contributed by atoms with E-state index in [9.17, 15) is 4.79 Å². The summed E-state index contributed by atoms with van der Waals surface area (Å²) < 4.78 is 0. The lowest BCUT2D eigenvalue weighted by Gasteiger charge is -2.19. The monoisotopic (exact) mass is 249 g/mol. The molecule has 0 aliphatic heterocycles. The van der Waals surface area contributed by atoms with Crippen molar-refractivity contribution in [3.05, 3.63) is 29.8 Å². The van der Waals surface area contributed by atoms with E-state index in [0.29, 0.717) is 12.5 Å². The van der Waals surface area contributed by atoms with Gasteiger partial charge in [-0.25, -0.2) is 0 Å². The van der Waals surface area contributed by atoms with Crippen molar-refractivity contribution < 1.29 is 4.79 Å². The third kappa shape index (κ3) is 4.37. The first-order valence-corrected chi connectivity index (χ1v) is 6.33. The maximum absolute atomic E-state index is 11.7. The summed E-state index contributed by atoms with van der Waals surface area (Å²) >= 11 is 0. The van der Waals surface area contributed by atoms with Gasteiger partial charge in [-0.3, -0.25) is 4.79 Å². The van der Waals surface area contributed by atoms with Crippen LogP contribution < -0.4 is 16.4 Å². The first-order chi connectivity index (χ1) is 8.54. The molecule has 0 aromatic heterocycles. The quantitative estimate of drug-likeness (QED) is 0.670. The third-order valence-corrected chi connectivity index (χ3v) is 2.86. The van der Waals surface area contributed by atoms with Crippen LogP contribution in [0.3, 0.4) is 0 Å². The summed E-state index contributed by atoms with van der Waals surface area (Å²) in [5.41, 5.74) is 7.65. The van der Waals surface area contributed by atoms with Crippen molar-refractivity contribution in [2.45, 2.75) is 32.9 Å². The minimum atomic E-state index is -0.172. The lowest BCUT2D eigenvalue weighted by molar-refractivity contribution is -0.123. The van der Waals surface area contributed by atoms with Gasteiger partial charge in [0.15, 0.2) is 0 Å². The van der Waals surface area contributed by atoms with Crippen LogP contribution in [0.1, 0.15) is 25.8 Å². The summed E-state index contributed by atoms with van der Waals surface area (Å²) in [7, 11) is 1.66. The number of nitrogens with two attached hydrogens (primary N) is 1. The van der Waals surface area contributed by atoms with Gasteiger partial charge in [0.1, 0.15) is 0 Å². The number of benzene rings is 1. The molecule has 0 saturated heterocycles. The average molecular weight is 249 g/mol. The van der Waals surface area contributed by atoms with Crippen molar-refractivity contribution in [1.82, 2.24) is 10.6 Å². The Balaban J connectivity index is 2.62. The van der Waals surface area contributed by atoms with Crippen LogP contribution in [0.4, 0.5) is 5.69 Å². The molecule has 0 spiro atoms. The maximum atomic E-state index is 11.7. The molecule has 1 rings (SSSR count).